The van der Waals surface area contributed by atoms with Gasteiger partial charge in [-0.2, -0.15) is 0 Å². The van der Waals surface area contributed by atoms with Crippen LogP contribution in [0.15, 0.2) is 0 Å². The Morgan fingerprint density at radius 2 is 2.12 bits per heavy atom. The van der Waals surface area contributed by atoms with Crippen molar-refractivity contribution in [3.8, 4) is 0 Å². The van der Waals surface area contributed by atoms with E-state index in [0.29, 0.717) is 26.0 Å². The lowest BCUT2D eigenvalue weighted by atomic mass is 10.2. The molecule has 17 heavy (non-hydrogen) atoms. The summed E-state index contributed by atoms with van der Waals surface area (Å²) in [6.45, 7) is 1.23. The number of nitrogens with zero attached hydrogens (tertiary/aromatic N) is 1. The molecule has 1 aliphatic carbocycles. The van der Waals surface area contributed by atoms with Crippen molar-refractivity contribution in [3.05, 3.63) is 0 Å². The minimum atomic E-state index is -0.703. The third-order valence-electron chi connectivity index (χ3n) is 2.79. The highest BCUT2D eigenvalue weighted by molar-refractivity contribution is 5.92. The van der Waals surface area contributed by atoms with Crippen molar-refractivity contribution in [3.63, 3.8) is 0 Å². The number of nitrogens with one attached hydrogen (secondary N) is 1. The molecule has 3 N–H and O–H groups in total. The number of ether oxygens (including phenoxy) is 1. The summed E-state index contributed by atoms with van der Waals surface area (Å²) in [5.74, 6) is -0.314. The number of carbonyl (C=O) groups excluding carboxylic acids is 2. The molecule has 0 bridgehead atoms. The van der Waals surface area contributed by atoms with Gasteiger partial charge in [0, 0.05) is 27.3 Å². The van der Waals surface area contributed by atoms with Crippen LogP contribution in [0.4, 0.5) is 0 Å². The van der Waals surface area contributed by atoms with Crippen LogP contribution in [0.2, 0.25) is 0 Å². The maximum atomic E-state index is 11.7. The first-order valence-electron chi connectivity index (χ1n) is 5.80. The van der Waals surface area contributed by atoms with Crippen molar-refractivity contribution in [1.82, 2.24) is 10.2 Å². The van der Waals surface area contributed by atoms with E-state index in [0.717, 1.165) is 6.42 Å². The molecule has 0 aromatic rings. The van der Waals surface area contributed by atoms with E-state index in [-0.39, 0.29) is 18.4 Å². The van der Waals surface area contributed by atoms with Crippen LogP contribution >= 0.6 is 0 Å². The fraction of sp³-hybridized carbons (Fsp3) is 0.818. The molecule has 6 nitrogen and oxygen atoms in total. The molecule has 1 aliphatic rings. The Bertz CT molecular complexity index is 290. The van der Waals surface area contributed by atoms with Gasteiger partial charge in [-0.25, -0.2) is 0 Å². The lowest BCUT2D eigenvalue weighted by Gasteiger charge is -2.20. The van der Waals surface area contributed by atoms with Crippen LogP contribution in [0, 0.1) is 0 Å². The van der Waals surface area contributed by atoms with Crippen molar-refractivity contribution in [2.75, 3.05) is 33.9 Å². The molecule has 1 saturated carbocycles. The molecule has 2 amide bonds. The van der Waals surface area contributed by atoms with Gasteiger partial charge in [0.05, 0.1) is 12.1 Å². The normalized spacial score (nSPS) is 16.4. The summed E-state index contributed by atoms with van der Waals surface area (Å²) in [5, 5.41) is 2.72. The van der Waals surface area contributed by atoms with Gasteiger partial charge < -0.3 is 20.7 Å². The molecule has 0 atom stereocenters. The third-order valence-corrected chi connectivity index (χ3v) is 2.79. The van der Waals surface area contributed by atoms with Gasteiger partial charge in [-0.1, -0.05) is 0 Å². The highest BCUT2D eigenvalue weighted by Gasteiger charge is 2.47. The molecule has 6 heteroatoms. The van der Waals surface area contributed by atoms with E-state index in [4.69, 9.17) is 10.5 Å². The zero-order valence-corrected chi connectivity index (χ0v) is 10.5. The maximum Gasteiger partial charge on any atom is 0.242 e. The van der Waals surface area contributed by atoms with Gasteiger partial charge in [0.2, 0.25) is 11.8 Å². The monoisotopic (exact) mass is 243 g/mol. The van der Waals surface area contributed by atoms with Gasteiger partial charge in [-0.3, -0.25) is 9.59 Å². The smallest absolute Gasteiger partial charge is 0.242 e. The number of amides is 2. The number of methoxy groups -OCH3 is 1. The number of likely N-dealkylation sites (N-methyl/N-ethyl adjacent to an activating group) is 1. The van der Waals surface area contributed by atoms with Gasteiger partial charge in [-0.05, 0) is 19.3 Å². The fourth-order valence-electron chi connectivity index (χ4n) is 1.52. The third kappa shape index (κ3) is 4.32. The molecule has 0 heterocycles. The second-order valence-corrected chi connectivity index (χ2v) is 4.51. The van der Waals surface area contributed by atoms with E-state index < -0.39 is 5.54 Å². The minimum Gasteiger partial charge on any atom is -0.385 e. The lowest BCUT2D eigenvalue weighted by Crippen LogP contribution is -2.47. The Kier molecular flexibility index (Phi) is 4.89. The number of carbonyl (C=O) groups is 2. The number of hydrogen-bond donors (Lipinski definition) is 2. The van der Waals surface area contributed by atoms with Crippen molar-refractivity contribution in [1.29, 1.82) is 0 Å². The standard InChI is InChI=1S/C11H21N3O3/c1-14(10(16)11(12)4-5-11)8-9(15)13-6-3-7-17-2/h3-8,12H2,1-2H3,(H,13,15). The van der Waals surface area contributed by atoms with E-state index in [2.05, 4.69) is 5.32 Å². The number of rotatable bonds is 7. The molecule has 0 aromatic heterocycles. The first-order valence-corrected chi connectivity index (χ1v) is 5.80. The molecule has 0 unspecified atom stereocenters. The molecule has 1 rings (SSSR count). The van der Waals surface area contributed by atoms with Crippen LogP contribution in [0.25, 0.3) is 0 Å². The van der Waals surface area contributed by atoms with E-state index in [1.165, 1.54) is 4.90 Å². The van der Waals surface area contributed by atoms with Crippen LogP contribution < -0.4 is 11.1 Å². The molecule has 98 valence electrons. The summed E-state index contributed by atoms with van der Waals surface area (Å²) < 4.78 is 4.86. The molecular weight excluding hydrogens is 222 g/mol. The van der Waals surface area contributed by atoms with Gasteiger partial charge in [0.1, 0.15) is 0 Å². The Balaban J connectivity index is 2.19. The van der Waals surface area contributed by atoms with Gasteiger partial charge in [-0.15, -0.1) is 0 Å². The maximum absolute atomic E-state index is 11.7. The largest absolute Gasteiger partial charge is 0.385 e. The molecule has 0 spiro atoms. The summed E-state index contributed by atoms with van der Waals surface area (Å²) in [4.78, 5) is 24.6. The van der Waals surface area contributed by atoms with E-state index >= 15 is 0 Å². The SMILES string of the molecule is COCCCNC(=O)CN(C)C(=O)C1(N)CC1. The molecule has 1 fully saturated rings. The lowest BCUT2D eigenvalue weighted by molar-refractivity contribution is -0.136. The Labute approximate surface area is 101 Å². The molecule has 0 radical (unpaired) electrons. The second kappa shape index (κ2) is 5.97. The van der Waals surface area contributed by atoms with Crippen LogP contribution in [0.5, 0.6) is 0 Å². The second-order valence-electron chi connectivity index (χ2n) is 4.51. The van der Waals surface area contributed by atoms with Gasteiger partial charge in [0.15, 0.2) is 0 Å². The fourth-order valence-corrected chi connectivity index (χ4v) is 1.52. The zero-order chi connectivity index (χ0) is 12.9. The van der Waals surface area contributed by atoms with Crippen molar-refractivity contribution in [2.24, 2.45) is 5.73 Å². The van der Waals surface area contributed by atoms with Crippen LogP contribution in [0.1, 0.15) is 19.3 Å². The van der Waals surface area contributed by atoms with Gasteiger partial charge in [0.25, 0.3) is 0 Å². The predicted molar refractivity (Wildman–Crippen MR) is 63.3 cm³/mol. The topological polar surface area (TPSA) is 84.7 Å². The van der Waals surface area contributed by atoms with E-state index in [9.17, 15) is 9.59 Å². The molecule has 0 aliphatic heterocycles. The summed E-state index contributed by atoms with van der Waals surface area (Å²) in [7, 11) is 3.22. The number of nitrogens with two attached hydrogens (primary N) is 1. The highest BCUT2D eigenvalue weighted by atomic mass is 16.5. The highest BCUT2D eigenvalue weighted by Crippen LogP contribution is 2.33. The number of hydrogen-bond acceptors (Lipinski definition) is 4. The average Bonchev–Trinajstić information content (AvgIpc) is 3.03. The summed E-state index contributed by atoms with van der Waals surface area (Å²) in [6, 6.07) is 0. The van der Waals surface area contributed by atoms with Crippen LogP contribution in [-0.4, -0.2) is 56.1 Å². The van der Waals surface area contributed by atoms with Crippen molar-refractivity contribution < 1.29 is 14.3 Å². The summed E-state index contributed by atoms with van der Waals surface area (Å²) in [6.07, 6.45) is 2.19. The molecule has 0 aromatic carbocycles. The first kappa shape index (κ1) is 13.9. The molecule has 0 saturated heterocycles. The minimum absolute atomic E-state index is 0.0603. The summed E-state index contributed by atoms with van der Waals surface area (Å²) >= 11 is 0. The molecular formula is C11H21N3O3. The predicted octanol–water partition coefficient (Wildman–Crippen LogP) is -0.911. The quantitative estimate of drug-likeness (QED) is 0.567. The van der Waals surface area contributed by atoms with Crippen molar-refractivity contribution in [2.45, 2.75) is 24.8 Å². The Morgan fingerprint density at radius 1 is 1.47 bits per heavy atom. The van der Waals surface area contributed by atoms with Crippen molar-refractivity contribution >= 4 is 11.8 Å². The zero-order valence-electron chi connectivity index (χ0n) is 10.5. The summed E-state index contributed by atoms with van der Waals surface area (Å²) in [5.41, 5.74) is 5.06. The van der Waals surface area contributed by atoms with Crippen LogP contribution in [-0.2, 0) is 14.3 Å². The Morgan fingerprint density at radius 3 is 2.65 bits per heavy atom. The first-order chi connectivity index (χ1) is 7.99. The van der Waals surface area contributed by atoms with Crippen LogP contribution in [0.3, 0.4) is 0 Å². The van der Waals surface area contributed by atoms with E-state index in [1.807, 2.05) is 0 Å². The van der Waals surface area contributed by atoms with Gasteiger partial charge >= 0.3 is 0 Å². The van der Waals surface area contributed by atoms with E-state index in [1.54, 1.807) is 14.2 Å². The average molecular weight is 243 g/mol. The Hall–Kier alpha value is -1.14.